The van der Waals surface area contributed by atoms with Gasteiger partial charge in [-0.3, -0.25) is 0 Å². The summed E-state index contributed by atoms with van der Waals surface area (Å²) in [5, 5.41) is 3.45. The maximum atomic E-state index is 5.18. The van der Waals surface area contributed by atoms with Crippen molar-refractivity contribution >= 4 is 5.95 Å². The third-order valence-electron chi connectivity index (χ3n) is 2.94. The van der Waals surface area contributed by atoms with Crippen molar-refractivity contribution < 1.29 is 4.74 Å². The lowest BCUT2D eigenvalue weighted by Gasteiger charge is -2.20. The maximum absolute atomic E-state index is 5.18. The summed E-state index contributed by atoms with van der Waals surface area (Å²) in [6.45, 7) is 6.07. The third-order valence-corrected chi connectivity index (χ3v) is 2.94. The van der Waals surface area contributed by atoms with Crippen LogP contribution in [0.15, 0.2) is 12.4 Å². The second-order valence-electron chi connectivity index (χ2n) is 5.10. The smallest absolute Gasteiger partial charge is 0.203 e. The van der Waals surface area contributed by atoms with E-state index in [0.29, 0.717) is 18.7 Å². The molecule has 1 aromatic heterocycles. The molecule has 104 valence electrons. The molecule has 18 heavy (non-hydrogen) atoms. The highest BCUT2D eigenvalue weighted by Crippen LogP contribution is 2.15. The number of anilines is 1. The third kappa shape index (κ3) is 4.66. The van der Waals surface area contributed by atoms with Gasteiger partial charge >= 0.3 is 0 Å². The van der Waals surface area contributed by atoms with E-state index < -0.39 is 0 Å². The Kier molecular flexibility index (Phi) is 6.15. The standard InChI is InChI=1S/C13H26N4O/c1-11(6-8-16(3)4)15-13-14-7-9-17(13)12(2)10-18-5/h7,9,11-12H,6,8,10H2,1-5H3,(H,14,15). The number of imidazole rings is 1. The summed E-state index contributed by atoms with van der Waals surface area (Å²) in [5.41, 5.74) is 0. The molecule has 5 heteroatoms. The zero-order chi connectivity index (χ0) is 13.5. The number of aromatic nitrogens is 2. The topological polar surface area (TPSA) is 42.3 Å². The lowest BCUT2D eigenvalue weighted by Crippen LogP contribution is -2.25. The SMILES string of the molecule is COCC(C)n1ccnc1NC(C)CCN(C)C. The highest BCUT2D eigenvalue weighted by Gasteiger charge is 2.11. The molecule has 1 N–H and O–H groups in total. The van der Waals surface area contributed by atoms with Crippen LogP contribution in [0, 0.1) is 0 Å². The fourth-order valence-electron chi connectivity index (χ4n) is 1.85. The molecule has 2 atom stereocenters. The van der Waals surface area contributed by atoms with E-state index in [1.54, 1.807) is 7.11 Å². The van der Waals surface area contributed by atoms with Gasteiger partial charge in [-0.2, -0.15) is 0 Å². The molecule has 0 amide bonds. The van der Waals surface area contributed by atoms with Crippen molar-refractivity contribution in [2.75, 3.05) is 39.7 Å². The lowest BCUT2D eigenvalue weighted by molar-refractivity contribution is 0.163. The van der Waals surface area contributed by atoms with Gasteiger partial charge in [-0.05, 0) is 40.9 Å². The van der Waals surface area contributed by atoms with Crippen molar-refractivity contribution in [3.05, 3.63) is 12.4 Å². The fourth-order valence-corrected chi connectivity index (χ4v) is 1.85. The number of nitrogens with one attached hydrogen (secondary N) is 1. The van der Waals surface area contributed by atoms with Crippen LogP contribution in [-0.4, -0.2) is 54.8 Å². The first-order chi connectivity index (χ1) is 8.54. The largest absolute Gasteiger partial charge is 0.383 e. The number of nitrogens with zero attached hydrogens (tertiary/aromatic N) is 3. The van der Waals surface area contributed by atoms with E-state index in [9.17, 15) is 0 Å². The van der Waals surface area contributed by atoms with Gasteiger partial charge in [-0.1, -0.05) is 0 Å². The van der Waals surface area contributed by atoms with Crippen molar-refractivity contribution in [1.29, 1.82) is 0 Å². The van der Waals surface area contributed by atoms with Gasteiger partial charge < -0.3 is 19.5 Å². The van der Waals surface area contributed by atoms with Gasteiger partial charge in [0.25, 0.3) is 0 Å². The second-order valence-corrected chi connectivity index (χ2v) is 5.10. The summed E-state index contributed by atoms with van der Waals surface area (Å²) in [5.74, 6) is 0.922. The van der Waals surface area contributed by atoms with E-state index in [-0.39, 0.29) is 0 Å². The van der Waals surface area contributed by atoms with Crippen LogP contribution in [0.4, 0.5) is 5.95 Å². The molecule has 1 aromatic rings. The molecule has 1 heterocycles. The monoisotopic (exact) mass is 254 g/mol. The molecule has 0 bridgehead atoms. The molecule has 0 spiro atoms. The molecule has 0 aromatic carbocycles. The molecule has 2 unspecified atom stereocenters. The predicted octanol–water partition coefficient (Wildman–Crippen LogP) is 1.84. The number of hydrogen-bond acceptors (Lipinski definition) is 4. The Bertz CT molecular complexity index is 337. The molecule has 0 saturated carbocycles. The van der Waals surface area contributed by atoms with E-state index in [1.165, 1.54) is 0 Å². The zero-order valence-corrected chi connectivity index (χ0v) is 12.2. The van der Waals surface area contributed by atoms with E-state index >= 15 is 0 Å². The molecule has 5 nitrogen and oxygen atoms in total. The first-order valence-electron chi connectivity index (χ1n) is 6.47. The van der Waals surface area contributed by atoms with E-state index in [2.05, 4.69) is 47.7 Å². The second kappa shape index (κ2) is 7.38. The quantitative estimate of drug-likeness (QED) is 0.768. The summed E-state index contributed by atoms with van der Waals surface area (Å²) in [6.07, 6.45) is 4.91. The molecule has 0 aliphatic heterocycles. The molecule has 0 radical (unpaired) electrons. The van der Waals surface area contributed by atoms with Crippen molar-refractivity contribution in [3.8, 4) is 0 Å². The van der Waals surface area contributed by atoms with Crippen LogP contribution in [0.2, 0.25) is 0 Å². The van der Waals surface area contributed by atoms with E-state index in [0.717, 1.165) is 18.9 Å². The summed E-state index contributed by atoms with van der Waals surface area (Å²) in [7, 11) is 5.91. The highest BCUT2D eigenvalue weighted by atomic mass is 16.5. The average Bonchev–Trinajstić information content (AvgIpc) is 2.75. The van der Waals surface area contributed by atoms with Crippen molar-refractivity contribution in [2.45, 2.75) is 32.4 Å². The number of rotatable bonds is 8. The minimum absolute atomic E-state index is 0.293. The Morgan fingerprint density at radius 1 is 1.44 bits per heavy atom. The lowest BCUT2D eigenvalue weighted by atomic mass is 10.2. The van der Waals surface area contributed by atoms with Crippen molar-refractivity contribution in [1.82, 2.24) is 14.5 Å². The Balaban J connectivity index is 2.53. The Hall–Kier alpha value is -1.07. The summed E-state index contributed by atoms with van der Waals surface area (Å²) < 4.78 is 7.30. The minimum atomic E-state index is 0.293. The highest BCUT2D eigenvalue weighted by molar-refractivity contribution is 5.28. The van der Waals surface area contributed by atoms with Crippen LogP contribution in [0.3, 0.4) is 0 Å². The number of methoxy groups -OCH3 is 1. The van der Waals surface area contributed by atoms with Gasteiger partial charge in [-0.25, -0.2) is 4.98 Å². The van der Waals surface area contributed by atoms with Crippen LogP contribution in [-0.2, 0) is 4.74 Å². The molecule has 1 rings (SSSR count). The molecular weight excluding hydrogens is 228 g/mol. The molecule has 0 aliphatic rings. The normalized spacial score (nSPS) is 14.8. The average molecular weight is 254 g/mol. The minimum Gasteiger partial charge on any atom is -0.383 e. The molecular formula is C13H26N4O. The van der Waals surface area contributed by atoms with Gasteiger partial charge in [0.2, 0.25) is 5.95 Å². The Labute approximate surface area is 110 Å². The van der Waals surface area contributed by atoms with Gasteiger partial charge in [-0.15, -0.1) is 0 Å². The van der Waals surface area contributed by atoms with Crippen LogP contribution in [0.1, 0.15) is 26.3 Å². The number of hydrogen-bond donors (Lipinski definition) is 1. The van der Waals surface area contributed by atoms with E-state index in [1.807, 2.05) is 12.4 Å². The number of ether oxygens (including phenoxy) is 1. The Morgan fingerprint density at radius 2 is 2.17 bits per heavy atom. The van der Waals surface area contributed by atoms with Gasteiger partial charge in [0.1, 0.15) is 0 Å². The summed E-state index contributed by atoms with van der Waals surface area (Å²) in [6, 6.07) is 0.698. The van der Waals surface area contributed by atoms with Crippen LogP contribution < -0.4 is 5.32 Å². The van der Waals surface area contributed by atoms with Crippen molar-refractivity contribution in [2.24, 2.45) is 0 Å². The molecule has 0 aliphatic carbocycles. The first kappa shape index (κ1) is 15.0. The summed E-state index contributed by atoms with van der Waals surface area (Å²) >= 11 is 0. The van der Waals surface area contributed by atoms with Gasteiger partial charge in [0, 0.05) is 25.5 Å². The predicted molar refractivity (Wildman–Crippen MR) is 75.1 cm³/mol. The first-order valence-corrected chi connectivity index (χ1v) is 6.47. The van der Waals surface area contributed by atoms with E-state index in [4.69, 9.17) is 4.74 Å². The maximum Gasteiger partial charge on any atom is 0.203 e. The summed E-state index contributed by atoms with van der Waals surface area (Å²) in [4.78, 5) is 6.56. The Morgan fingerprint density at radius 3 is 2.78 bits per heavy atom. The zero-order valence-electron chi connectivity index (χ0n) is 12.2. The van der Waals surface area contributed by atoms with Crippen LogP contribution >= 0.6 is 0 Å². The van der Waals surface area contributed by atoms with Crippen LogP contribution in [0.5, 0.6) is 0 Å². The van der Waals surface area contributed by atoms with Gasteiger partial charge in [0.05, 0.1) is 12.6 Å². The van der Waals surface area contributed by atoms with Crippen molar-refractivity contribution in [3.63, 3.8) is 0 Å². The van der Waals surface area contributed by atoms with Crippen LogP contribution in [0.25, 0.3) is 0 Å². The fraction of sp³-hybridized carbons (Fsp3) is 0.769. The van der Waals surface area contributed by atoms with Gasteiger partial charge in [0.15, 0.2) is 0 Å². The molecule has 0 saturated heterocycles. The molecule has 0 fully saturated rings.